The van der Waals surface area contributed by atoms with E-state index in [-0.39, 0.29) is 6.10 Å². The molecule has 0 spiro atoms. The standard InChI is InChI=1S/C16H26BrN3O/c1-5-18-15-14(17)16(20-9-19-15)21-13-8-11(4)6-7-12(13)10(2)3/h9-13H,5-8H2,1-4H3,(H,18,19,20). The fourth-order valence-corrected chi connectivity index (χ4v) is 3.56. The van der Waals surface area contributed by atoms with Crippen LogP contribution in [0.2, 0.25) is 0 Å². The molecule has 5 heteroatoms. The first-order valence-corrected chi connectivity index (χ1v) is 8.73. The third-order valence-corrected chi connectivity index (χ3v) is 5.04. The molecule has 1 aromatic rings. The predicted molar refractivity (Wildman–Crippen MR) is 89.7 cm³/mol. The Labute approximate surface area is 136 Å². The second-order valence-electron chi connectivity index (χ2n) is 6.35. The third kappa shape index (κ3) is 4.09. The van der Waals surface area contributed by atoms with Crippen LogP contribution in [-0.4, -0.2) is 22.6 Å². The van der Waals surface area contributed by atoms with E-state index < -0.39 is 0 Å². The van der Waals surface area contributed by atoms with Crippen molar-refractivity contribution in [1.29, 1.82) is 0 Å². The highest BCUT2D eigenvalue weighted by molar-refractivity contribution is 9.10. The Morgan fingerprint density at radius 1 is 1.38 bits per heavy atom. The van der Waals surface area contributed by atoms with Crippen molar-refractivity contribution < 1.29 is 4.74 Å². The van der Waals surface area contributed by atoms with Crippen molar-refractivity contribution >= 4 is 21.7 Å². The zero-order chi connectivity index (χ0) is 15.4. The fourth-order valence-electron chi connectivity index (χ4n) is 3.12. The molecule has 1 N–H and O–H groups in total. The summed E-state index contributed by atoms with van der Waals surface area (Å²) in [5.74, 6) is 3.42. The number of nitrogens with one attached hydrogen (secondary N) is 1. The SMILES string of the molecule is CCNc1ncnc(OC2CC(C)CCC2C(C)C)c1Br. The lowest BCUT2D eigenvalue weighted by molar-refractivity contribution is 0.0420. The van der Waals surface area contributed by atoms with Gasteiger partial charge in [-0.2, -0.15) is 0 Å². The van der Waals surface area contributed by atoms with Gasteiger partial charge in [-0.1, -0.05) is 27.2 Å². The molecule has 3 atom stereocenters. The molecule has 0 aliphatic heterocycles. The van der Waals surface area contributed by atoms with Crippen molar-refractivity contribution in [1.82, 2.24) is 9.97 Å². The molecular formula is C16H26BrN3O. The minimum Gasteiger partial charge on any atom is -0.473 e. The molecule has 4 nitrogen and oxygen atoms in total. The molecule has 0 saturated heterocycles. The van der Waals surface area contributed by atoms with Crippen LogP contribution in [0.15, 0.2) is 10.8 Å². The smallest absolute Gasteiger partial charge is 0.233 e. The van der Waals surface area contributed by atoms with Crippen LogP contribution in [-0.2, 0) is 0 Å². The highest BCUT2D eigenvalue weighted by Gasteiger charge is 2.33. The summed E-state index contributed by atoms with van der Waals surface area (Å²) in [6, 6.07) is 0. The van der Waals surface area contributed by atoms with E-state index in [1.807, 2.05) is 6.92 Å². The predicted octanol–water partition coefficient (Wildman–Crippen LogP) is 4.51. The number of hydrogen-bond donors (Lipinski definition) is 1. The zero-order valence-electron chi connectivity index (χ0n) is 13.4. The minimum absolute atomic E-state index is 0.245. The summed E-state index contributed by atoms with van der Waals surface area (Å²) in [5.41, 5.74) is 0. The van der Waals surface area contributed by atoms with Gasteiger partial charge in [0.15, 0.2) is 0 Å². The van der Waals surface area contributed by atoms with E-state index in [1.165, 1.54) is 12.8 Å². The average Bonchev–Trinajstić information content (AvgIpc) is 2.43. The molecule has 118 valence electrons. The molecule has 1 aromatic heterocycles. The van der Waals surface area contributed by atoms with Crippen LogP contribution in [0.4, 0.5) is 5.82 Å². The molecule has 0 bridgehead atoms. The minimum atomic E-state index is 0.245. The first-order valence-electron chi connectivity index (χ1n) is 7.93. The summed E-state index contributed by atoms with van der Waals surface area (Å²) in [6.07, 6.45) is 5.46. The maximum atomic E-state index is 6.28. The molecular weight excluding hydrogens is 330 g/mol. The average molecular weight is 356 g/mol. The largest absolute Gasteiger partial charge is 0.473 e. The van der Waals surface area contributed by atoms with E-state index in [1.54, 1.807) is 6.33 Å². The molecule has 1 aliphatic carbocycles. The molecule has 1 heterocycles. The van der Waals surface area contributed by atoms with Crippen LogP contribution in [0.3, 0.4) is 0 Å². The van der Waals surface area contributed by atoms with Crippen LogP contribution < -0.4 is 10.1 Å². The number of ether oxygens (including phenoxy) is 1. The number of nitrogens with zero attached hydrogens (tertiary/aromatic N) is 2. The van der Waals surface area contributed by atoms with Crippen molar-refractivity contribution in [2.75, 3.05) is 11.9 Å². The highest BCUT2D eigenvalue weighted by atomic mass is 79.9. The van der Waals surface area contributed by atoms with Crippen molar-refractivity contribution in [2.24, 2.45) is 17.8 Å². The molecule has 1 aliphatic rings. The van der Waals surface area contributed by atoms with Crippen LogP contribution in [0.1, 0.15) is 47.0 Å². The molecule has 1 saturated carbocycles. The maximum Gasteiger partial charge on any atom is 0.233 e. The summed E-state index contributed by atoms with van der Waals surface area (Å²) < 4.78 is 7.11. The van der Waals surface area contributed by atoms with Gasteiger partial charge in [-0.15, -0.1) is 0 Å². The van der Waals surface area contributed by atoms with Gasteiger partial charge in [-0.3, -0.25) is 0 Å². The number of rotatable bonds is 5. The van der Waals surface area contributed by atoms with E-state index in [9.17, 15) is 0 Å². The van der Waals surface area contributed by atoms with Crippen LogP contribution in [0.25, 0.3) is 0 Å². The lowest BCUT2D eigenvalue weighted by Crippen LogP contribution is -2.36. The Balaban J connectivity index is 2.16. The fraction of sp³-hybridized carbons (Fsp3) is 0.750. The summed E-state index contributed by atoms with van der Waals surface area (Å²) in [7, 11) is 0. The van der Waals surface area contributed by atoms with Gasteiger partial charge in [0.1, 0.15) is 22.7 Å². The molecule has 0 radical (unpaired) electrons. The van der Waals surface area contributed by atoms with Crippen molar-refractivity contribution in [3.63, 3.8) is 0 Å². The summed E-state index contributed by atoms with van der Waals surface area (Å²) >= 11 is 3.57. The van der Waals surface area contributed by atoms with E-state index in [0.29, 0.717) is 17.7 Å². The quantitative estimate of drug-likeness (QED) is 0.843. The maximum absolute atomic E-state index is 6.28. The number of aromatic nitrogens is 2. The highest BCUT2D eigenvalue weighted by Crippen LogP contribution is 2.37. The number of halogens is 1. The molecule has 2 rings (SSSR count). The Morgan fingerprint density at radius 2 is 2.14 bits per heavy atom. The lowest BCUT2D eigenvalue weighted by atomic mass is 9.75. The Bertz CT molecular complexity index is 467. The van der Waals surface area contributed by atoms with Crippen LogP contribution >= 0.6 is 15.9 Å². The molecule has 1 fully saturated rings. The first kappa shape index (κ1) is 16.5. The second-order valence-corrected chi connectivity index (χ2v) is 7.15. The van der Waals surface area contributed by atoms with E-state index in [2.05, 4.69) is 52.0 Å². The Hall–Kier alpha value is -0.840. The second kappa shape index (κ2) is 7.43. The molecule has 3 unspecified atom stereocenters. The van der Waals surface area contributed by atoms with E-state index in [0.717, 1.165) is 29.2 Å². The third-order valence-electron chi connectivity index (χ3n) is 4.33. The molecule has 0 aromatic carbocycles. The van der Waals surface area contributed by atoms with Crippen LogP contribution in [0, 0.1) is 17.8 Å². The first-order chi connectivity index (χ1) is 10.0. The van der Waals surface area contributed by atoms with Gasteiger partial charge in [-0.05, 0) is 53.4 Å². The van der Waals surface area contributed by atoms with Gasteiger partial charge in [-0.25, -0.2) is 9.97 Å². The van der Waals surface area contributed by atoms with Gasteiger partial charge < -0.3 is 10.1 Å². The topological polar surface area (TPSA) is 47.0 Å². The van der Waals surface area contributed by atoms with Gasteiger partial charge >= 0.3 is 0 Å². The summed E-state index contributed by atoms with van der Waals surface area (Å²) in [5, 5.41) is 3.22. The van der Waals surface area contributed by atoms with Crippen molar-refractivity contribution in [3.8, 4) is 5.88 Å². The molecule has 21 heavy (non-hydrogen) atoms. The van der Waals surface area contributed by atoms with E-state index >= 15 is 0 Å². The molecule has 0 amide bonds. The van der Waals surface area contributed by atoms with Crippen molar-refractivity contribution in [2.45, 2.75) is 53.1 Å². The number of hydrogen-bond acceptors (Lipinski definition) is 4. The van der Waals surface area contributed by atoms with Gasteiger partial charge in [0.05, 0.1) is 0 Å². The van der Waals surface area contributed by atoms with Gasteiger partial charge in [0.25, 0.3) is 0 Å². The normalized spacial score (nSPS) is 25.9. The van der Waals surface area contributed by atoms with Crippen molar-refractivity contribution in [3.05, 3.63) is 10.8 Å². The number of anilines is 1. The summed E-state index contributed by atoms with van der Waals surface area (Å²) in [4.78, 5) is 8.56. The Kier molecular flexibility index (Phi) is 5.85. The Morgan fingerprint density at radius 3 is 2.81 bits per heavy atom. The monoisotopic (exact) mass is 355 g/mol. The van der Waals surface area contributed by atoms with Gasteiger partial charge in [0, 0.05) is 6.54 Å². The zero-order valence-corrected chi connectivity index (χ0v) is 15.0. The van der Waals surface area contributed by atoms with E-state index in [4.69, 9.17) is 4.74 Å². The lowest BCUT2D eigenvalue weighted by Gasteiger charge is -2.37. The van der Waals surface area contributed by atoms with Crippen LogP contribution in [0.5, 0.6) is 5.88 Å². The van der Waals surface area contributed by atoms with Gasteiger partial charge in [0.2, 0.25) is 5.88 Å². The summed E-state index contributed by atoms with van der Waals surface area (Å²) in [6.45, 7) is 9.76.